The lowest BCUT2D eigenvalue weighted by Crippen LogP contribution is -2.34. The van der Waals surface area contributed by atoms with Gasteiger partial charge in [-0.3, -0.25) is 4.99 Å². The molecule has 1 aliphatic heterocycles. The SMILES string of the molecule is CCN=C1c2ccccc2CN1C1CCCC1. The van der Waals surface area contributed by atoms with Crippen molar-refractivity contribution >= 4 is 5.84 Å². The highest BCUT2D eigenvalue weighted by atomic mass is 15.2. The molecule has 90 valence electrons. The third-order valence-electron chi connectivity index (χ3n) is 3.94. The first-order valence-corrected chi connectivity index (χ1v) is 6.79. The molecule has 0 unspecified atom stereocenters. The Morgan fingerprint density at radius 2 is 2.00 bits per heavy atom. The van der Waals surface area contributed by atoms with Crippen molar-refractivity contribution < 1.29 is 0 Å². The van der Waals surface area contributed by atoms with Crippen LogP contribution < -0.4 is 0 Å². The van der Waals surface area contributed by atoms with E-state index in [4.69, 9.17) is 4.99 Å². The van der Waals surface area contributed by atoms with Crippen molar-refractivity contribution in [2.75, 3.05) is 6.54 Å². The molecule has 1 saturated carbocycles. The van der Waals surface area contributed by atoms with Crippen molar-refractivity contribution in [3.8, 4) is 0 Å². The highest BCUT2D eigenvalue weighted by Crippen LogP contribution is 2.31. The molecular formula is C15H20N2. The predicted octanol–water partition coefficient (Wildman–Crippen LogP) is 3.21. The van der Waals surface area contributed by atoms with Crippen LogP contribution in [0.25, 0.3) is 0 Å². The van der Waals surface area contributed by atoms with E-state index in [1.54, 1.807) is 0 Å². The van der Waals surface area contributed by atoms with Gasteiger partial charge in [0.15, 0.2) is 0 Å². The first kappa shape index (κ1) is 10.8. The van der Waals surface area contributed by atoms with Crippen LogP contribution in [0.1, 0.15) is 43.7 Å². The fraction of sp³-hybridized carbons (Fsp3) is 0.533. The van der Waals surface area contributed by atoms with E-state index in [2.05, 4.69) is 36.1 Å². The van der Waals surface area contributed by atoms with Crippen LogP contribution in [-0.4, -0.2) is 23.3 Å². The van der Waals surface area contributed by atoms with Crippen LogP contribution in [0, 0.1) is 0 Å². The van der Waals surface area contributed by atoms with Crippen LogP contribution in [0.2, 0.25) is 0 Å². The van der Waals surface area contributed by atoms with Gasteiger partial charge in [-0.25, -0.2) is 0 Å². The lowest BCUT2D eigenvalue weighted by molar-refractivity contribution is 0.319. The minimum atomic E-state index is 0.729. The Morgan fingerprint density at radius 1 is 1.24 bits per heavy atom. The number of amidine groups is 1. The van der Waals surface area contributed by atoms with Crippen molar-refractivity contribution in [2.45, 2.75) is 45.2 Å². The quantitative estimate of drug-likeness (QED) is 0.759. The first-order chi connectivity index (χ1) is 8.40. The van der Waals surface area contributed by atoms with Gasteiger partial charge in [-0.2, -0.15) is 0 Å². The molecule has 1 aliphatic carbocycles. The maximum absolute atomic E-state index is 4.73. The molecule has 0 spiro atoms. The van der Waals surface area contributed by atoms with Crippen LogP contribution in [-0.2, 0) is 6.54 Å². The molecule has 0 N–H and O–H groups in total. The Morgan fingerprint density at radius 3 is 2.76 bits per heavy atom. The zero-order chi connectivity index (χ0) is 11.7. The zero-order valence-corrected chi connectivity index (χ0v) is 10.5. The number of rotatable bonds is 2. The summed E-state index contributed by atoms with van der Waals surface area (Å²) in [4.78, 5) is 7.28. The molecule has 0 atom stereocenters. The number of nitrogens with zero attached hydrogens (tertiary/aromatic N) is 2. The second kappa shape index (κ2) is 4.52. The fourth-order valence-corrected chi connectivity index (χ4v) is 3.13. The molecule has 0 aromatic heterocycles. The summed E-state index contributed by atoms with van der Waals surface area (Å²) in [6.07, 6.45) is 5.46. The summed E-state index contributed by atoms with van der Waals surface area (Å²) in [7, 11) is 0. The van der Waals surface area contributed by atoms with Crippen molar-refractivity contribution in [1.29, 1.82) is 0 Å². The van der Waals surface area contributed by atoms with Gasteiger partial charge in [-0.05, 0) is 25.3 Å². The summed E-state index contributed by atoms with van der Waals surface area (Å²) in [6, 6.07) is 9.46. The lowest BCUT2D eigenvalue weighted by Gasteiger charge is -2.26. The van der Waals surface area contributed by atoms with Crippen LogP contribution in [0.5, 0.6) is 0 Å². The largest absolute Gasteiger partial charge is 0.349 e. The number of aliphatic imine (C=N–C) groups is 1. The van der Waals surface area contributed by atoms with E-state index < -0.39 is 0 Å². The molecule has 2 nitrogen and oxygen atoms in total. The fourth-order valence-electron chi connectivity index (χ4n) is 3.13. The molecule has 3 rings (SSSR count). The summed E-state index contributed by atoms with van der Waals surface area (Å²) >= 11 is 0. The highest BCUT2D eigenvalue weighted by molar-refractivity contribution is 6.02. The molecule has 0 bridgehead atoms. The van der Waals surface area contributed by atoms with Gasteiger partial charge >= 0.3 is 0 Å². The average Bonchev–Trinajstić information content (AvgIpc) is 2.97. The maximum Gasteiger partial charge on any atom is 0.131 e. The molecule has 1 fully saturated rings. The van der Waals surface area contributed by atoms with Crippen LogP contribution >= 0.6 is 0 Å². The smallest absolute Gasteiger partial charge is 0.131 e. The molecule has 0 saturated heterocycles. The van der Waals surface area contributed by atoms with E-state index in [-0.39, 0.29) is 0 Å². The second-order valence-electron chi connectivity index (χ2n) is 5.02. The van der Waals surface area contributed by atoms with Gasteiger partial charge in [-0.15, -0.1) is 0 Å². The molecule has 1 aromatic rings. The van der Waals surface area contributed by atoms with E-state index >= 15 is 0 Å². The molecule has 0 radical (unpaired) electrons. The summed E-state index contributed by atoms with van der Waals surface area (Å²) < 4.78 is 0. The number of hydrogen-bond acceptors (Lipinski definition) is 1. The monoisotopic (exact) mass is 228 g/mol. The van der Waals surface area contributed by atoms with Crippen molar-refractivity contribution in [3.05, 3.63) is 35.4 Å². The standard InChI is InChI=1S/C15H20N2/c1-2-16-15-14-10-6-3-7-12(14)11-17(15)13-8-4-5-9-13/h3,6-7,10,13H,2,4-5,8-9,11H2,1H3. The van der Waals surface area contributed by atoms with E-state index in [0.29, 0.717) is 0 Å². The molecular weight excluding hydrogens is 208 g/mol. The van der Waals surface area contributed by atoms with Crippen LogP contribution in [0.3, 0.4) is 0 Å². The Bertz CT molecular complexity index is 430. The minimum Gasteiger partial charge on any atom is -0.349 e. The third kappa shape index (κ3) is 1.86. The molecule has 2 heteroatoms. The van der Waals surface area contributed by atoms with Gasteiger partial charge in [0.2, 0.25) is 0 Å². The Balaban J connectivity index is 1.95. The summed E-state index contributed by atoms with van der Waals surface area (Å²) in [5.74, 6) is 1.25. The summed E-state index contributed by atoms with van der Waals surface area (Å²) in [5, 5.41) is 0. The Labute approximate surface area is 103 Å². The maximum atomic E-state index is 4.73. The van der Waals surface area contributed by atoms with Crippen molar-refractivity contribution in [3.63, 3.8) is 0 Å². The van der Waals surface area contributed by atoms with E-state index in [0.717, 1.165) is 19.1 Å². The third-order valence-corrected chi connectivity index (χ3v) is 3.94. The van der Waals surface area contributed by atoms with E-state index in [9.17, 15) is 0 Å². The minimum absolute atomic E-state index is 0.729. The van der Waals surface area contributed by atoms with Gasteiger partial charge in [0.25, 0.3) is 0 Å². The first-order valence-electron chi connectivity index (χ1n) is 6.79. The van der Waals surface area contributed by atoms with Crippen molar-refractivity contribution in [1.82, 2.24) is 4.90 Å². The zero-order valence-electron chi connectivity index (χ0n) is 10.5. The van der Waals surface area contributed by atoms with Gasteiger partial charge in [0.1, 0.15) is 5.84 Å². The number of hydrogen-bond donors (Lipinski definition) is 0. The molecule has 0 amide bonds. The molecule has 1 heterocycles. The van der Waals surface area contributed by atoms with Crippen LogP contribution in [0.4, 0.5) is 0 Å². The average molecular weight is 228 g/mol. The topological polar surface area (TPSA) is 15.6 Å². The van der Waals surface area contributed by atoms with Gasteiger partial charge in [-0.1, -0.05) is 37.1 Å². The van der Waals surface area contributed by atoms with Gasteiger partial charge < -0.3 is 4.90 Å². The highest BCUT2D eigenvalue weighted by Gasteiger charge is 2.31. The molecule has 2 aliphatic rings. The van der Waals surface area contributed by atoms with Gasteiger partial charge in [0.05, 0.1) is 0 Å². The normalized spacial score (nSPS) is 22.4. The van der Waals surface area contributed by atoms with Crippen LogP contribution in [0.15, 0.2) is 29.3 Å². The second-order valence-corrected chi connectivity index (χ2v) is 5.02. The lowest BCUT2D eigenvalue weighted by atomic mass is 10.1. The van der Waals surface area contributed by atoms with Crippen molar-refractivity contribution in [2.24, 2.45) is 4.99 Å². The Kier molecular flexibility index (Phi) is 2.87. The van der Waals surface area contributed by atoms with E-state index in [1.165, 1.54) is 42.6 Å². The number of fused-ring (bicyclic) bond motifs is 1. The molecule has 17 heavy (non-hydrogen) atoms. The predicted molar refractivity (Wildman–Crippen MR) is 71.3 cm³/mol. The number of benzene rings is 1. The Hall–Kier alpha value is -1.31. The molecule has 1 aromatic carbocycles. The summed E-state index contributed by atoms with van der Waals surface area (Å²) in [5.41, 5.74) is 2.81. The van der Waals surface area contributed by atoms with E-state index in [1.807, 2.05) is 0 Å². The summed E-state index contributed by atoms with van der Waals surface area (Å²) in [6.45, 7) is 4.08. The van der Waals surface area contributed by atoms with Gasteiger partial charge in [0, 0.05) is 24.7 Å².